The van der Waals surface area contributed by atoms with Gasteiger partial charge in [-0.15, -0.1) is 0 Å². The van der Waals surface area contributed by atoms with E-state index in [0.717, 1.165) is 5.75 Å². The number of rotatable bonds is 6. The molecule has 2 N–H and O–H groups in total. The van der Waals surface area contributed by atoms with Crippen LogP contribution in [0.5, 0.6) is 5.75 Å². The van der Waals surface area contributed by atoms with Crippen LogP contribution in [0.3, 0.4) is 0 Å². The molecule has 3 heteroatoms. The van der Waals surface area contributed by atoms with Crippen molar-refractivity contribution in [2.24, 2.45) is 5.73 Å². The molecule has 1 aliphatic rings. The van der Waals surface area contributed by atoms with Gasteiger partial charge in [0.25, 0.3) is 0 Å². The van der Waals surface area contributed by atoms with Crippen molar-refractivity contribution in [1.82, 2.24) is 4.90 Å². The quantitative estimate of drug-likeness (QED) is 0.856. The highest BCUT2D eigenvalue weighted by atomic mass is 16.5. The van der Waals surface area contributed by atoms with Gasteiger partial charge in [-0.1, -0.05) is 19.1 Å². The van der Waals surface area contributed by atoms with Crippen LogP contribution >= 0.6 is 0 Å². The summed E-state index contributed by atoms with van der Waals surface area (Å²) in [6.45, 7) is 6.83. The Morgan fingerprint density at radius 3 is 2.95 bits per heavy atom. The largest absolute Gasteiger partial charge is 0.494 e. The fraction of sp³-hybridized carbons (Fsp3) is 0.625. The van der Waals surface area contributed by atoms with E-state index in [2.05, 4.69) is 30.0 Å². The third kappa shape index (κ3) is 3.28. The van der Waals surface area contributed by atoms with Gasteiger partial charge in [0.05, 0.1) is 6.61 Å². The highest BCUT2D eigenvalue weighted by Crippen LogP contribution is 2.31. The summed E-state index contributed by atoms with van der Waals surface area (Å²) in [5.41, 5.74) is 7.33. The first kappa shape index (κ1) is 14.4. The van der Waals surface area contributed by atoms with Crippen molar-refractivity contribution < 1.29 is 4.74 Å². The van der Waals surface area contributed by atoms with E-state index in [1.165, 1.54) is 31.4 Å². The minimum atomic E-state index is 0.327. The lowest BCUT2D eigenvalue weighted by atomic mass is 10.0. The molecular formula is C16H26N2O. The Kier molecular flexibility index (Phi) is 5.23. The Morgan fingerprint density at radius 1 is 1.42 bits per heavy atom. The Labute approximate surface area is 116 Å². The van der Waals surface area contributed by atoms with Gasteiger partial charge >= 0.3 is 0 Å². The van der Waals surface area contributed by atoms with Crippen molar-refractivity contribution in [3.05, 3.63) is 29.8 Å². The molecule has 1 heterocycles. The van der Waals surface area contributed by atoms with Crippen LogP contribution in [0.4, 0.5) is 0 Å². The highest BCUT2D eigenvalue weighted by Gasteiger charge is 2.29. The lowest BCUT2D eigenvalue weighted by Crippen LogP contribution is -2.37. The average Bonchev–Trinajstić information content (AvgIpc) is 2.89. The van der Waals surface area contributed by atoms with E-state index in [1.807, 2.05) is 13.0 Å². The first-order valence-corrected chi connectivity index (χ1v) is 7.48. The van der Waals surface area contributed by atoms with Gasteiger partial charge < -0.3 is 10.5 Å². The molecular weight excluding hydrogens is 236 g/mol. The van der Waals surface area contributed by atoms with Crippen LogP contribution in [0, 0.1) is 0 Å². The smallest absolute Gasteiger partial charge is 0.119 e. The van der Waals surface area contributed by atoms with Crippen molar-refractivity contribution in [1.29, 1.82) is 0 Å². The molecule has 1 saturated heterocycles. The summed E-state index contributed by atoms with van der Waals surface area (Å²) in [7, 11) is 0. The van der Waals surface area contributed by atoms with Gasteiger partial charge in [0.2, 0.25) is 0 Å². The molecule has 2 atom stereocenters. The predicted octanol–water partition coefficient (Wildman–Crippen LogP) is 2.96. The summed E-state index contributed by atoms with van der Waals surface area (Å²) in [5, 5.41) is 0. The zero-order chi connectivity index (χ0) is 13.7. The maximum absolute atomic E-state index is 6.04. The van der Waals surface area contributed by atoms with E-state index in [-0.39, 0.29) is 0 Å². The summed E-state index contributed by atoms with van der Waals surface area (Å²) in [4.78, 5) is 2.57. The lowest BCUT2D eigenvalue weighted by Gasteiger charge is -2.32. The van der Waals surface area contributed by atoms with Gasteiger partial charge in [-0.25, -0.2) is 0 Å². The molecule has 3 nitrogen and oxygen atoms in total. The molecule has 0 radical (unpaired) electrons. The minimum Gasteiger partial charge on any atom is -0.494 e. The molecule has 0 aromatic heterocycles. The normalized spacial score (nSPS) is 21.5. The first-order chi connectivity index (χ1) is 9.30. The molecule has 1 aliphatic heterocycles. The van der Waals surface area contributed by atoms with Crippen molar-refractivity contribution in [3.63, 3.8) is 0 Å². The number of nitrogens with two attached hydrogens (primary N) is 1. The van der Waals surface area contributed by atoms with Gasteiger partial charge in [0.15, 0.2) is 0 Å². The number of hydrogen-bond donors (Lipinski definition) is 1. The standard InChI is InChI=1S/C16H26N2O/c1-3-14-8-6-10-18(14)16(12-17)13-7-5-9-15(11-13)19-4-2/h5,7,9,11,14,16H,3-4,6,8,10,12,17H2,1-2H3. The molecule has 2 rings (SSSR count). The molecule has 2 unspecified atom stereocenters. The molecule has 0 saturated carbocycles. The van der Waals surface area contributed by atoms with Crippen LogP contribution in [-0.2, 0) is 0 Å². The van der Waals surface area contributed by atoms with Crippen LogP contribution in [0.15, 0.2) is 24.3 Å². The predicted molar refractivity (Wildman–Crippen MR) is 79.4 cm³/mol. The van der Waals surface area contributed by atoms with Crippen molar-refractivity contribution in [2.45, 2.75) is 45.2 Å². The Bertz CT molecular complexity index is 394. The summed E-state index contributed by atoms with van der Waals surface area (Å²) in [6, 6.07) is 9.41. The summed E-state index contributed by atoms with van der Waals surface area (Å²) >= 11 is 0. The molecule has 1 aromatic rings. The maximum atomic E-state index is 6.04. The first-order valence-electron chi connectivity index (χ1n) is 7.48. The molecule has 19 heavy (non-hydrogen) atoms. The van der Waals surface area contributed by atoms with Crippen LogP contribution in [0.25, 0.3) is 0 Å². The van der Waals surface area contributed by atoms with Crippen LogP contribution in [0.1, 0.15) is 44.7 Å². The van der Waals surface area contributed by atoms with E-state index >= 15 is 0 Å². The molecule has 0 spiro atoms. The van der Waals surface area contributed by atoms with Gasteiger partial charge in [-0.05, 0) is 50.4 Å². The van der Waals surface area contributed by atoms with Crippen LogP contribution in [-0.4, -0.2) is 30.6 Å². The van der Waals surface area contributed by atoms with Gasteiger partial charge in [0, 0.05) is 18.6 Å². The van der Waals surface area contributed by atoms with E-state index in [1.54, 1.807) is 0 Å². The monoisotopic (exact) mass is 262 g/mol. The molecule has 1 aromatic carbocycles. The van der Waals surface area contributed by atoms with E-state index in [9.17, 15) is 0 Å². The van der Waals surface area contributed by atoms with Crippen LogP contribution in [0.2, 0.25) is 0 Å². The second-order valence-corrected chi connectivity index (χ2v) is 5.20. The third-order valence-electron chi connectivity index (χ3n) is 4.07. The second-order valence-electron chi connectivity index (χ2n) is 5.20. The van der Waals surface area contributed by atoms with Gasteiger partial charge in [0.1, 0.15) is 5.75 Å². The number of nitrogens with zero attached hydrogens (tertiary/aromatic N) is 1. The maximum Gasteiger partial charge on any atom is 0.119 e. The third-order valence-corrected chi connectivity index (χ3v) is 4.07. The Hall–Kier alpha value is -1.06. The molecule has 1 fully saturated rings. The Balaban J connectivity index is 2.18. The van der Waals surface area contributed by atoms with Crippen molar-refractivity contribution in [2.75, 3.05) is 19.7 Å². The molecule has 0 aliphatic carbocycles. The fourth-order valence-electron chi connectivity index (χ4n) is 3.15. The fourth-order valence-corrected chi connectivity index (χ4v) is 3.15. The SMILES string of the molecule is CCOc1cccc(C(CN)N2CCCC2CC)c1. The summed E-state index contributed by atoms with van der Waals surface area (Å²) in [6.07, 6.45) is 3.81. The lowest BCUT2D eigenvalue weighted by molar-refractivity contribution is 0.180. The minimum absolute atomic E-state index is 0.327. The van der Waals surface area contributed by atoms with Crippen LogP contribution < -0.4 is 10.5 Å². The van der Waals surface area contributed by atoms with E-state index in [0.29, 0.717) is 25.2 Å². The average molecular weight is 262 g/mol. The number of ether oxygens (including phenoxy) is 1. The molecule has 0 amide bonds. The van der Waals surface area contributed by atoms with E-state index < -0.39 is 0 Å². The van der Waals surface area contributed by atoms with Crippen molar-refractivity contribution in [3.8, 4) is 5.75 Å². The summed E-state index contributed by atoms with van der Waals surface area (Å²) < 4.78 is 5.60. The number of hydrogen-bond acceptors (Lipinski definition) is 3. The van der Waals surface area contributed by atoms with Gasteiger partial charge in [-0.3, -0.25) is 4.90 Å². The highest BCUT2D eigenvalue weighted by molar-refractivity contribution is 5.31. The zero-order valence-electron chi connectivity index (χ0n) is 12.1. The summed E-state index contributed by atoms with van der Waals surface area (Å²) in [5.74, 6) is 0.950. The second kappa shape index (κ2) is 6.92. The zero-order valence-corrected chi connectivity index (χ0v) is 12.1. The molecule has 106 valence electrons. The Morgan fingerprint density at radius 2 is 2.26 bits per heavy atom. The van der Waals surface area contributed by atoms with Gasteiger partial charge in [-0.2, -0.15) is 0 Å². The number of likely N-dealkylation sites (tertiary alicyclic amines) is 1. The number of benzene rings is 1. The van der Waals surface area contributed by atoms with Crippen molar-refractivity contribution >= 4 is 0 Å². The van der Waals surface area contributed by atoms with E-state index in [4.69, 9.17) is 10.5 Å². The molecule has 0 bridgehead atoms. The topological polar surface area (TPSA) is 38.5 Å².